The molecule has 2 aromatic rings. The highest BCUT2D eigenvalue weighted by Gasteiger charge is 2.20. The average Bonchev–Trinajstić information content (AvgIpc) is 2.37. The molecule has 0 aliphatic heterocycles. The number of rotatable bonds is 2. The molecule has 0 saturated carbocycles. The Hall–Kier alpha value is -1.45. The van der Waals surface area contributed by atoms with Crippen molar-refractivity contribution in [1.82, 2.24) is 0 Å². The van der Waals surface area contributed by atoms with E-state index >= 15 is 0 Å². The summed E-state index contributed by atoms with van der Waals surface area (Å²) in [5.41, 5.74) is 1.49. The van der Waals surface area contributed by atoms with E-state index in [2.05, 4.69) is 0 Å². The topological polar surface area (TPSA) is 17.1 Å². The lowest BCUT2D eigenvalue weighted by Gasteiger charge is -2.09. The predicted molar refractivity (Wildman–Crippen MR) is 75.7 cm³/mol. The van der Waals surface area contributed by atoms with Gasteiger partial charge in [-0.2, -0.15) is 0 Å². The van der Waals surface area contributed by atoms with Crippen LogP contribution in [0.3, 0.4) is 0 Å². The molecule has 0 aliphatic carbocycles. The number of benzene rings is 2. The highest BCUT2D eigenvalue weighted by molar-refractivity contribution is 6.35. The zero-order valence-corrected chi connectivity index (χ0v) is 12.2. The number of carbonyl (C=O) groups excluding carboxylic acids is 1. The second-order valence-corrected chi connectivity index (χ2v) is 5.31. The third-order valence-corrected chi connectivity index (χ3v) is 3.68. The monoisotopic (exact) mass is 314 g/mol. The molecule has 0 unspecified atom stereocenters. The van der Waals surface area contributed by atoms with Gasteiger partial charge >= 0.3 is 0 Å². The number of ketones is 1. The van der Waals surface area contributed by atoms with Crippen molar-refractivity contribution in [3.63, 3.8) is 0 Å². The first-order valence-electron chi connectivity index (χ1n) is 5.77. The van der Waals surface area contributed by atoms with E-state index in [1.807, 2.05) is 6.92 Å². The molecular weight excluding hydrogens is 305 g/mol. The first kappa shape index (κ1) is 14.9. The lowest BCUT2D eigenvalue weighted by Crippen LogP contribution is -2.07. The van der Waals surface area contributed by atoms with Crippen LogP contribution in [0.25, 0.3) is 0 Å². The van der Waals surface area contributed by atoms with Crippen LogP contribution in [0.15, 0.2) is 24.3 Å². The van der Waals surface area contributed by atoms with Crippen LogP contribution in [0.4, 0.5) is 8.78 Å². The van der Waals surface area contributed by atoms with Gasteiger partial charge in [-0.3, -0.25) is 4.79 Å². The van der Waals surface area contributed by atoms with Gasteiger partial charge < -0.3 is 0 Å². The van der Waals surface area contributed by atoms with Crippen molar-refractivity contribution in [3.8, 4) is 0 Å². The van der Waals surface area contributed by atoms with Crippen LogP contribution in [0.1, 0.15) is 27.0 Å². The summed E-state index contributed by atoms with van der Waals surface area (Å²) in [6.07, 6.45) is 0. The van der Waals surface area contributed by atoms with Crippen LogP contribution in [0.2, 0.25) is 10.0 Å². The van der Waals surface area contributed by atoms with Crippen molar-refractivity contribution in [1.29, 1.82) is 0 Å². The van der Waals surface area contributed by atoms with E-state index in [1.54, 1.807) is 19.1 Å². The standard InChI is InChI=1S/C15H10Cl2F2O/c1-7-3-9(11(16)4-8(7)2)15(20)10-5-14(19)12(17)6-13(10)18/h3-6H,1-2H3. The molecule has 0 heterocycles. The number of carbonyl (C=O) groups is 1. The summed E-state index contributed by atoms with van der Waals surface area (Å²) in [5.74, 6) is -2.40. The Morgan fingerprint density at radius 2 is 1.45 bits per heavy atom. The van der Waals surface area contributed by atoms with E-state index in [4.69, 9.17) is 23.2 Å². The van der Waals surface area contributed by atoms with Crippen molar-refractivity contribution in [2.45, 2.75) is 13.8 Å². The van der Waals surface area contributed by atoms with Gasteiger partial charge in [-0.25, -0.2) is 8.78 Å². The molecule has 104 valence electrons. The van der Waals surface area contributed by atoms with Gasteiger partial charge in [0.2, 0.25) is 0 Å². The average molecular weight is 315 g/mol. The Kier molecular flexibility index (Phi) is 4.11. The Balaban J connectivity index is 2.57. The Morgan fingerprint density at radius 3 is 2.10 bits per heavy atom. The van der Waals surface area contributed by atoms with Crippen LogP contribution in [0.5, 0.6) is 0 Å². The van der Waals surface area contributed by atoms with E-state index < -0.39 is 23.0 Å². The fraction of sp³-hybridized carbons (Fsp3) is 0.133. The van der Waals surface area contributed by atoms with Crippen LogP contribution in [-0.2, 0) is 0 Å². The maximum Gasteiger partial charge on any atom is 0.197 e. The van der Waals surface area contributed by atoms with Crippen LogP contribution < -0.4 is 0 Å². The summed E-state index contributed by atoms with van der Waals surface area (Å²) in [6, 6.07) is 4.74. The van der Waals surface area contributed by atoms with Gasteiger partial charge in [-0.15, -0.1) is 0 Å². The molecule has 1 nitrogen and oxygen atoms in total. The largest absolute Gasteiger partial charge is 0.288 e. The van der Waals surface area contributed by atoms with Crippen molar-refractivity contribution in [2.24, 2.45) is 0 Å². The van der Waals surface area contributed by atoms with Crippen LogP contribution >= 0.6 is 23.2 Å². The van der Waals surface area contributed by atoms with E-state index in [0.717, 1.165) is 23.3 Å². The second-order valence-electron chi connectivity index (χ2n) is 4.49. The Labute approximate surface area is 125 Å². The van der Waals surface area contributed by atoms with E-state index in [0.29, 0.717) is 0 Å². The zero-order chi connectivity index (χ0) is 15.0. The van der Waals surface area contributed by atoms with Gasteiger partial charge in [0.05, 0.1) is 15.6 Å². The number of hydrogen-bond acceptors (Lipinski definition) is 1. The van der Waals surface area contributed by atoms with E-state index in [9.17, 15) is 13.6 Å². The Morgan fingerprint density at radius 1 is 0.850 bits per heavy atom. The molecule has 2 rings (SSSR count). The summed E-state index contributed by atoms with van der Waals surface area (Å²) in [5, 5.41) is -0.168. The fourth-order valence-corrected chi connectivity index (χ4v) is 2.25. The fourth-order valence-electron chi connectivity index (χ4n) is 1.80. The molecule has 0 bridgehead atoms. The molecule has 0 aliphatic rings. The minimum atomic E-state index is -0.879. The summed E-state index contributed by atoms with van der Waals surface area (Å²) in [6.45, 7) is 3.65. The zero-order valence-electron chi connectivity index (χ0n) is 10.7. The molecule has 0 N–H and O–H groups in total. The van der Waals surface area contributed by atoms with Gasteiger partial charge in [-0.1, -0.05) is 23.2 Å². The van der Waals surface area contributed by atoms with Crippen molar-refractivity contribution < 1.29 is 13.6 Å². The minimum absolute atomic E-state index is 0.135. The van der Waals surface area contributed by atoms with Gasteiger partial charge in [0.1, 0.15) is 11.6 Å². The van der Waals surface area contributed by atoms with Crippen LogP contribution in [-0.4, -0.2) is 5.78 Å². The summed E-state index contributed by atoms with van der Waals surface area (Å²) in [7, 11) is 0. The smallest absolute Gasteiger partial charge is 0.197 e. The number of hydrogen-bond donors (Lipinski definition) is 0. The van der Waals surface area contributed by atoms with Gasteiger partial charge in [0, 0.05) is 5.56 Å². The normalized spacial score (nSPS) is 10.7. The van der Waals surface area contributed by atoms with E-state index in [1.165, 1.54) is 0 Å². The second kappa shape index (κ2) is 5.51. The molecule has 0 fully saturated rings. The lowest BCUT2D eigenvalue weighted by molar-refractivity contribution is 0.103. The quantitative estimate of drug-likeness (QED) is 0.555. The van der Waals surface area contributed by atoms with Gasteiger partial charge in [0.15, 0.2) is 5.78 Å². The first-order valence-corrected chi connectivity index (χ1v) is 6.53. The van der Waals surface area contributed by atoms with Crippen LogP contribution in [0, 0.1) is 25.5 Å². The summed E-state index contributed by atoms with van der Waals surface area (Å²) in [4.78, 5) is 12.3. The third kappa shape index (κ3) is 2.69. The van der Waals surface area contributed by atoms with Crippen molar-refractivity contribution in [3.05, 3.63) is 68.2 Å². The maximum absolute atomic E-state index is 13.8. The molecule has 20 heavy (non-hydrogen) atoms. The molecule has 0 saturated heterocycles. The minimum Gasteiger partial charge on any atom is -0.288 e. The molecule has 0 atom stereocenters. The summed E-state index contributed by atoms with van der Waals surface area (Å²) >= 11 is 11.5. The molecule has 0 radical (unpaired) electrons. The van der Waals surface area contributed by atoms with Crippen molar-refractivity contribution in [2.75, 3.05) is 0 Å². The number of halogens is 4. The maximum atomic E-state index is 13.8. The molecule has 0 aromatic heterocycles. The lowest BCUT2D eigenvalue weighted by atomic mass is 9.98. The van der Waals surface area contributed by atoms with Gasteiger partial charge in [-0.05, 0) is 49.2 Å². The SMILES string of the molecule is Cc1cc(Cl)c(C(=O)c2cc(F)c(Cl)cc2F)cc1C. The molecule has 2 aromatic carbocycles. The van der Waals surface area contributed by atoms with Gasteiger partial charge in [0.25, 0.3) is 0 Å². The predicted octanol–water partition coefficient (Wildman–Crippen LogP) is 5.12. The highest BCUT2D eigenvalue weighted by atomic mass is 35.5. The highest BCUT2D eigenvalue weighted by Crippen LogP contribution is 2.26. The third-order valence-electron chi connectivity index (χ3n) is 3.08. The van der Waals surface area contributed by atoms with E-state index in [-0.39, 0.29) is 15.6 Å². The molecule has 0 amide bonds. The number of aryl methyl sites for hydroxylation is 2. The molecule has 0 spiro atoms. The Bertz CT molecular complexity index is 652. The molecule has 5 heteroatoms. The van der Waals surface area contributed by atoms with Crippen molar-refractivity contribution >= 4 is 29.0 Å². The summed E-state index contributed by atoms with van der Waals surface area (Å²) < 4.78 is 27.2. The first-order chi connectivity index (χ1) is 9.31. The molecular formula is C15H10Cl2F2O.